The summed E-state index contributed by atoms with van der Waals surface area (Å²) in [5.41, 5.74) is 10.7. The molecule has 3 aromatic carbocycles. The number of fused-ring (bicyclic) bond motifs is 1. The normalized spacial score (nSPS) is 11.6. The van der Waals surface area contributed by atoms with E-state index in [1.807, 2.05) is 71.4 Å². The summed E-state index contributed by atoms with van der Waals surface area (Å²) in [5, 5.41) is 13.9. The number of hydrogen-bond donors (Lipinski definition) is 1. The van der Waals surface area contributed by atoms with Gasteiger partial charge in [0, 0.05) is 16.5 Å². The minimum absolute atomic E-state index is 0.265. The van der Waals surface area contributed by atoms with Crippen molar-refractivity contribution in [2.24, 2.45) is 5.41 Å². The smallest absolute Gasteiger partial charge is 0.340 e. The lowest BCUT2D eigenvalue weighted by atomic mass is 9.98. The predicted octanol–water partition coefficient (Wildman–Crippen LogP) is 4.59. The molecule has 0 fully saturated rings. The van der Waals surface area contributed by atoms with Gasteiger partial charge in [0.05, 0.1) is 17.7 Å². The number of rotatable bonds is 5. The van der Waals surface area contributed by atoms with Crippen molar-refractivity contribution in [2.45, 2.75) is 27.3 Å². The van der Waals surface area contributed by atoms with Gasteiger partial charge in [-0.05, 0) is 38.5 Å². The number of carbonyl (C=O) groups is 1. The average Bonchev–Trinajstić information content (AvgIpc) is 3.40. The molecule has 35 heavy (non-hydrogen) atoms. The van der Waals surface area contributed by atoms with Gasteiger partial charge in [0.2, 0.25) is 0 Å². The van der Waals surface area contributed by atoms with Crippen molar-refractivity contribution in [1.82, 2.24) is 24.9 Å². The van der Waals surface area contributed by atoms with E-state index in [-0.39, 0.29) is 5.82 Å². The molecule has 2 heterocycles. The first kappa shape index (κ1) is 22.3. The third-order valence-corrected chi connectivity index (χ3v) is 5.69. The van der Waals surface area contributed by atoms with Crippen LogP contribution in [0.25, 0.3) is 33.4 Å². The Kier molecular flexibility index (Phi) is 5.56. The van der Waals surface area contributed by atoms with Gasteiger partial charge in [-0.25, -0.2) is 9.48 Å². The fraction of sp³-hybridized carbons (Fsp3) is 0.185. The second kappa shape index (κ2) is 8.72. The molecular weight excluding hydrogens is 440 g/mol. The van der Waals surface area contributed by atoms with Gasteiger partial charge in [-0.2, -0.15) is 0 Å². The van der Waals surface area contributed by atoms with Crippen molar-refractivity contribution >= 4 is 22.7 Å². The predicted molar refractivity (Wildman–Crippen MR) is 135 cm³/mol. The molecule has 5 aromatic rings. The molecule has 0 saturated heterocycles. The molecule has 0 radical (unpaired) electrons. The van der Waals surface area contributed by atoms with Gasteiger partial charge >= 0.3 is 5.97 Å². The first-order valence-electron chi connectivity index (χ1n) is 11.4. The highest BCUT2D eigenvalue weighted by Crippen LogP contribution is 2.33. The summed E-state index contributed by atoms with van der Waals surface area (Å²) < 4.78 is 1.90. The van der Waals surface area contributed by atoms with Gasteiger partial charge in [-0.3, -0.25) is 0 Å². The molecule has 0 unspecified atom stereocenters. The summed E-state index contributed by atoms with van der Waals surface area (Å²) in [4.78, 5) is 19.0. The number of aromatic nitrogens is 5. The summed E-state index contributed by atoms with van der Waals surface area (Å²) in [6, 6.07) is 25.8. The fourth-order valence-electron chi connectivity index (χ4n) is 3.80. The van der Waals surface area contributed by atoms with E-state index in [1.165, 1.54) is 4.85 Å². The number of nitrogens with zero attached hydrogens (tertiary/aromatic N) is 5. The van der Waals surface area contributed by atoms with Crippen LogP contribution in [0.3, 0.4) is 0 Å². The lowest BCUT2D eigenvalue weighted by molar-refractivity contribution is -0.154. The fourth-order valence-corrected chi connectivity index (χ4v) is 3.80. The molecule has 0 amide bonds. The third kappa shape index (κ3) is 4.38. The number of nitrogen functional groups attached to an aromatic ring is 1. The van der Waals surface area contributed by atoms with Gasteiger partial charge < -0.3 is 10.6 Å². The Labute approximate surface area is 202 Å². The van der Waals surface area contributed by atoms with E-state index in [4.69, 9.17) is 10.6 Å². The Balaban J connectivity index is 1.59. The van der Waals surface area contributed by atoms with Crippen molar-refractivity contribution in [1.29, 1.82) is 0 Å². The van der Waals surface area contributed by atoms with Crippen molar-refractivity contribution in [3.05, 3.63) is 84.4 Å². The largest absolute Gasteiger partial charge is 0.382 e. The highest BCUT2D eigenvalue weighted by Gasteiger charge is 2.26. The van der Waals surface area contributed by atoms with E-state index in [9.17, 15) is 4.79 Å². The van der Waals surface area contributed by atoms with Crippen molar-refractivity contribution in [3.8, 4) is 22.5 Å². The number of benzene rings is 3. The number of hydrogen-bond acceptors (Lipinski definition) is 6. The third-order valence-electron chi connectivity index (χ3n) is 5.69. The van der Waals surface area contributed by atoms with Crippen LogP contribution in [0, 0.1) is 5.41 Å². The summed E-state index contributed by atoms with van der Waals surface area (Å²) in [6.07, 6.45) is 0. The highest BCUT2D eigenvalue weighted by molar-refractivity contribution is 5.94. The monoisotopic (exact) mass is 466 g/mol. The topological polar surface area (TPSA) is 101 Å². The average molecular weight is 467 g/mol. The van der Waals surface area contributed by atoms with Crippen molar-refractivity contribution in [2.75, 3.05) is 5.73 Å². The minimum atomic E-state index is -0.672. The maximum atomic E-state index is 12.4. The summed E-state index contributed by atoms with van der Waals surface area (Å²) in [7, 11) is 0. The Bertz CT molecular complexity index is 1500. The van der Waals surface area contributed by atoms with E-state index in [0.717, 1.165) is 28.1 Å². The lowest BCUT2D eigenvalue weighted by Gasteiger charge is -2.15. The Morgan fingerprint density at radius 3 is 2.31 bits per heavy atom. The van der Waals surface area contributed by atoms with Crippen LogP contribution in [0.4, 0.5) is 5.82 Å². The molecule has 0 aliphatic rings. The van der Waals surface area contributed by atoms with Crippen molar-refractivity contribution in [3.63, 3.8) is 0 Å². The quantitative estimate of drug-likeness (QED) is 0.406. The first-order chi connectivity index (χ1) is 16.8. The van der Waals surface area contributed by atoms with E-state index in [1.54, 1.807) is 20.8 Å². The zero-order valence-electron chi connectivity index (χ0n) is 19.8. The van der Waals surface area contributed by atoms with Crippen LogP contribution in [0.1, 0.15) is 26.3 Å². The number of carbonyl (C=O) groups excluding carboxylic acids is 1. The van der Waals surface area contributed by atoms with Crippen LogP contribution in [-0.4, -0.2) is 30.9 Å². The van der Waals surface area contributed by atoms with Crippen LogP contribution in [0.15, 0.2) is 78.9 Å². The van der Waals surface area contributed by atoms with E-state index >= 15 is 0 Å². The molecule has 8 nitrogen and oxygen atoms in total. The van der Waals surface area contributed by atoms with E-state index < -0.39 is 11.4 Å². The summed E-state index contributed by atoms with van der Waals surface area (Å²) in [6.45, 7) is 5.94. The first-order valence-corrected chi connectivity index (χ1v) is 11.4. The molecular formula is C27H26N6O2. The maximum absolute atomic E-state index is 12.4. The Hall–Kier alpha value is -4.46. The van der Waals surface area contributed by atoms with Crippen LogP contribution in [0.2, 0.25) is 0 Å². The molecule has 0 atom stereocenters. The molecule has 5 rings (SSSR count). The van der Waals surface area contributed by atoms with Crippen LogP contribution in [-0.2, 0) is 11.3 Å². The van der Waals surface area contributed by atoms with Crippen LogP contribution in [0.5, 0.6) is 0 Å². The standard InChI is InChI=1S/C27H26N6O2/c1-27(2,3)26(34)35-33-22-15-14-20(16-21(22)25(28)30-33)23-24(19-12-8-5-9-13-19)32(31-29-23)17-18-10-6-4-7-11-18/h4-16H,17H2,1-3H3,(H2,28,30). The van der Waals surface area contributed by atoms with Crippen LogP contribution >= 0.6 is 0 Å². The van der Waals surface area contributed by atoms with Crippen molar-refractivity contribution < 1.29 is 9.63 Å². The Morgan fingerprint density at radius 1 is 0.943 bits per heavy atom. The van der Waals surface area contributed by atoms with E-state index in [0.29, 0.717) is 17.4 Å². The zero-order chi connectivity index (χ0) is 24.6. The molecule has 176 valence electrons. The second-order valence-electron chi connectivity index (χ2n) is 9.41. The van der Waals surface area contributed by atoms with Gasteiger partial charge in [0.25, 0.3) is 0 Å². The Morgan fingerprint density at radius 2 is 1.63 bits per heavy atom. The van der Waals surface area contributed by atoms with Gasteiger partial charge in [-0.15, -0.1) is 10.2 Å². The number of anilines is 1. The van der Waals surface area contributed by atoms with Gasteiger partial charge in [0.15, 0.2) is 5.82 Å². The molecule has 2 aromatic heterocycles. The summed E-state index contributed by atoms with van der Waals surface area (Å²) in [5.74, 6) is -0.136. The molecule has 0 aliphatic heterocycles. The lowest BCUT2D eigenvalue weighted by Crippen LogP contribution is -2.31. The SMILES string of the molecule is CC(C)(C)C(=O)On1nc(N)c2cc(-c3nnn(Cc4ccccc4)c3-c3ccccc3)ccc21. The van der Waals surface area contributed by atoms with E-state index in [2.05, 4.69) is 27.5 Å². The van der Waals surface area contributed by atoms with Gasteiger partial charge in [-0.1, -0.05) is 76.8 Å². The second-order valence-corrected chi connectivity index (χ2v) is 9.41. The molecule has 0 bridgehead atoms. The maximum Gasteiger partial charge on any atom is 0.340 e. The van der Waals surface area contributed by atoms with Crippen LogP contribution < -0.4 is 10.6 Å². The molecule has 0 spiro atoms. The highest BCUT2D eigenvalue weighted by atomic mass is 16.7. The summed E-state index contributed by atoms with van der Waals surface area (Å²) >= 11 is 0. The number of nitrogens with two attached hydrogens (primary N) is 1. The zero-order valence-corrected chi connectivity index (χ0v) is 19.8. The molecule has 0 aliphatic carbocycles. The van der Waals surface area contributed by atoms with Gasteiger partial charge in [0.1, 0.15) is 11.2 Å². The minimum Gasteiger partial charge on any atom is -0.382 e. The molecule has 8 heteroatoms. The molecule has 2 N–H and O–H groups in total. The molecule has 0 saturated carbocycles.